The number of nitrogens with two attached hydrogens (primary N) is 1. The van der Waals surface area contributed by atoms with Crippen LogP contribution in [0, 0.1) is 5.82 Å². The van der Waals surface area contributed by atoms with Gasteiger partial charge < -0.3 is 20.9 Å². The molecule has 0 aliphatic carbocycles. The van der Waals surface area contributed by atoms with Crippen LogP contribution in [0.3, 0.4) is 0 Å². The molecule has 40 heavy (non-hydrogen) atoms. The van der Waals surface area contributed by atoms with Crippen LogP contribution in [0.15, 0.2) is 55.0 Å². The molecule has 4 N–H and O–H groups in total. The maximum absolute atomic E-state index is 14.4. The van der Waals surface area contributed by atoms with Crippen molar-refractivity contribution < 1.29 is 39.9 Å². The molecule has 2 aromatic heterocycles. The predicted molar refractivity (Wildman–Crippen MR) is 132 cm³/mol. The molecule has 0 radical (unpaired) electrons. The topological polar surface area (TPSA) is 97.9 Å². The van der Waals surface area contributed by atoms with Crippen molar-refractivity contribution in [3.8, 4) is 11.1 Å². The van der Waals surface area contributed by atoms with Gasteiger partial charge in [0.05, 0.1) is 11.1 Å². The number of hydrogen-bond donors (Lipinski definition) is 3. The minimum atomic E-state index is -6.40. The van der Waals surface area contributed by atoms with Crippen molar-refractivity contribution in [2.24, 2.45) is 0 Å². The van der Waals surface area contributed by atoms with Crippen LogP contribution in [0.4, 0.5) is 57.1 Å². The molecular formula is C25H20F8N6O. The van der Waals surface area contributed by atoms with E-state index in [1.54, 1.807) is 17.4 Å². The van der Waals surface area contributed by atoms with Gasteiger partial charge in [-0.3, -0.25) is 0 Å². The largest absolute Gasteiger partial charge is 0.435 e. The van der Waals surface area contributed by atoms with Gasteiger partial charge in [0.2, 0.25) is 0 Å². The summed E-state index contributed by atoms with van der Waals surface area (Å²) in [5, 5.41) is 4.69. The lowest BCUT2D eigenvalue weighted by Crippen LogP contribution is -2.50. The molecule has 0 spiro atoms. The normalized spacial score (nSPS) is 12.7. The number of alkyl halides is 7. The van der Waals surface area contributed by atoms with Crippen LogP contribution in [0.5, 0.6) is 0 Å². The first-order valence-corrected chi connectivity index (χ1v) is 11.5. The Bertz CT molecular complexity index is 1550. The van der Waals surface area contributed by atoms with E-state index in [9.17, 15) is 39.9 Å². The summed E-state index contributed by atoms with van der Waals surface area (Å²) in [5.41, 5.74) is -0.664. The van der Waals surface area contributed by atoms with Gasteiger partial charge >= 0.3 is 24.1 Å². The van der Waals surface area contributed by atoms with Gasteiger partial charge in [-0.1, -0.05) is 18.2 Å². The molecule has 212 valence electrons. The molecule has 2 amide bonds. The van der Waals surface area contributed by atoms with E-state index in [4.69, 9.17) is 5.73 Å². The highest BCUT2D eigenvalue weighted by molar-refractivity contribution is 6.02. The van der Waals surface area contributed by atoms with Gasteiger partial charge in [0, 0.05) is 29.1 Å². The fourth-order valence-corrected chi connectivity index (χ4v) is 4.06. The average molecular weight is 572 g/mol. The van der Waals surface area contributed by atoms with E-state index in [0.717, 1.165) is 0 Å². The van der Waals surface area contributed by atoms with Crippen molar-refractivity contribution in [3.05, 3.63) is 66.4 Å². The van der Waals surface area contributed by atoms with Crippen LogP contribution in [0.1, 0.15) is 25.5 Å². The van der Waals surface area contributed by atoms with Crippen molar-refractivity contribution in [3.63, 3.8) is 0 Å². The second-order valence-corrected chi connectivity index (χ2v) is 9.01. The number of hydrogen-bond acceptors (Lipinski definition) is 4. The smallest absolute Gasteiger partial charge is 0.383 e. The number of fused-ring (bicyclic) bond motifs is 1. The molecule has 0 bridgehead atoms. The summed E-state index contributed by atoms with van der Waals surface area (Å²) < 4.78 is 109. The lowest BCUT2D eigenvalue weighted by Gasteiger charge is -2.30. The van der Waals surface area contributed by atoms with Crippen molar-refractivity contribution in [2.75, 3.05) is 16.4 Å². The first-order valence-electron chi connectivity index (χ1n) is 11.5. The lowest BCUT2D eigenvalue weighted by atomic mass is 9.93. The van der Waals surface area contributed by atoms with Crippen LogP contribution in [-0.2, 0) is 5.67 Å². The van der Waals surface area contributed by atoms with E-state index >= 15 is 0 Å². The molecule has 4 aromatic rings. The van der Waals surface area contributed by atoms with Crippen LogP contribution in [0.25, 0.3) is 22.2 Å². The number of halogens is 8. The van der Waals surface area contributed by atoms with E-state index in [1.165, 1.54) is 18.5 Å². The lowest BCUT2D eigenvalue weighted by molar-refractivity contribution is -0.348. The number of benzene rings is 2. The van der Waals surface area contributed by atoms with Crippen LogP contribution < -0.4 is 16.4 Å². The van der Waals surface area contributed by atoms with E-state index in [2.05, 4.69) is 15.3 Å². The summed E-state index contributed by atoms with van der Waals surface area (Å²) in [6.45, 7) is 3.90. The number of amides is 2. The number of anilines is 3. The van der Waals surface area contributed by atoms with E-state index in [-0.39, 0.29) is 35.7 Å². The van der Waals surface area contributed by atoms with Gasteiger partial charge in [0.15, 0.2) is 0 Å². The maximum atomic E-state index is 14.4. The van der Waals surface area contributed by atoms with Crippen LogP contribution >= 0.6 is 0 Å². The summed E-state index contributed by atoms with van der Waals surface area (Å²) in [5.74, 6) is -1.14. The Morgan fingerprint density at radius 1 is 0.925 bits per heavy atom. The minimum Gasteiger partial charge on any atom is -0.383 e. The number of carbonyl (C=O) groups is 1. The zero-order valence-corrected chi connectivity index (χ0v) is 20.6. The van der Waals surface area contributed by atoms with E-state index in [0.29, 0.717) is 22.2 Å². The highest BCUT2D eigenvalue weighted by Crippen LogP contribution is 2.53. The highest BCUT2D eigenvalue weighted by Gasteiger charge is 2.73. The maximum Gasteiger partial charge on any atom is 0.435 e. The van der Waals surface area contributed by atoms with E-state index in [1.807, 2.05) is 24.6 Å². The molecule has 7 nitrogen and oxygen atoms in total. The van der Waals surface area contributed by atoms with Crippen molar-refractivity contribution in [1.82, 2.24) is 14.5 Å². The summed E-state index contributed by atoms with van der Waals surface area (Å²) >= 11 is 0. The van der Waals surface area contributed by atoms with Gasteiger partial charge in [-0.25, -0.2) is 23.5 Å². The second-order valence-electron chi connectivity index (χ2n) is 9.01. The molecule has 0 aliphatic rings. The zero-order valence-electron chi connectivity index (χ0n) is 20.6. The van der Waals surface area contributed by atoms with Gasteiger partial charge in [0.25, 0.3) is 0 Å². The highest BCUT2D eigenvalue weighted by atomic mass is 19.4. The van der Waals surface area contributed by atoms with Crippen molar-refractivity contribution in [1.29, 1.82) is 0 Å². The quantitative estimate of drug-likeness (QED) is 0.218. The SMILES string of the molecule is CC(C)n1cc(-c2ccc(NC(=O)Nc3cc(C(F)(C(F)(F)F)C(F)(F)F)ccc3F)cc2)c2c(N)ncnc21. The summed E-state index contributed by atoms with van der Waals surface area (Å²) in [4.78, 5) is 20.7. The predicted octanol–water partition coefficient (Wildman–Crippen LogP) is 7.33. The molecule has 15 heteroatoms. The molecule has 0 saturated carbocycles. The molecule has 0 atom stereocenters. The molecule has 4 rings (SSSR count). The van der Waals surface area contributed by atoms with Gasteiger partial charge in [-0.05, 0) is 43.7 Å². The Labute approximate surface area is 221 Å². The fourth-order valence-electron chi connectivity index (χ4n) is 4.06. The van der Waals surface area contributed by atoms with Crippen LogP contribution in [0.2, 0.25) is 0 Å². The van der Waals surface area contributed by atoms with Gasteiger partial charge in [-0.15, -0.1) is 0 Å². The van der Waals surface area contributed by atoms with Gasteiger partial charge in [-0.2, -0.15) is 26.3 Å². The Morgan fingerprint density at radius 3 is 2.12 bits per heavy atom. The number of aromatic nitrogens is 3. The number of nitrogens with zero attached hydrogens (tertiary/aromatic N) is 3. The molecule has 0 saturated heterocycles. The number of rotatable bonds is 5. The molecule has 2 heterocycles. The second kappa shape index (κ2) is 9.95. The number of carbonyl (C=O) groups excluding carboxylic acids is 1. The zero-order chi connectivity index (χ0) is 29.6. The monoisotopic (exact) mass is 572 g/mol. The first kappa shape index (κ1) is 28.6. The molecule has 0 unspecified atom stereocenters. The Kier molecular flexibility index (Phi) is 7.11. The summed E-state index contributed by atoms with van der Waals surface area (Å²) in [6.07, 6.45) is -9.63. The van der Waals surface area contributed by atoms with Crippen LogP contribution in [-0.4, -0.2) is 32.9 Å². The van der Waals surface area contributed by atoms with E-state index < -0.39 is 41.1 Å². The first-order chi connectivity index (χ1) is 18.5. The Morgan fingerprint density at radius 2 is 1.55 bits per heavy atom. The molecular weight excluding hydrogens is 552 g/mol. The molecule has 0 fully saturated rings. The minimum absolute atomic E-state index is 0.00614. The summed E-state index contributed by atoms with van der Waals surface area (Å²) in [6, 6.07) is 5.07. The van der Waals surface area contributed by atoms with Crippen molar-refractivity contribution in [2.45, 2.75) is 37.9 Å². The number of nitrogen functional groups attached to an aromatic ring is 1. The van der Waals surface area contributed by atoms with Crippen molar-refractivity contribution >= 4 is 34.3 Å². The standard InChI is InChI=1S/C25H20F8N6O/c1-12(2)39-10-16(19-20(34)35-11-36-21(19)39)13-3-6-15(7-4-13)37-22(40)38-18-9-14(5-8-17(18)26)23(27,24(28,29)30)25(31,32)33/h3-12H,1-2H3,(H2,34,35,36)(H2,37,38,40). The third-order valence-corrected chi connectivity index (χ3v) is 6.04. The fraction of sp³-hybridized carbons (Fsp3) is 0.240. The van der Waals surface area contributed by atoms with Gasteiger partial charge in [0.1, 0.15) is 23.6 Å². The number of nitrogens with one attached hydrogen (secondary N) is 2. The summed E-state index contributed by atoms with van der Waals surface area (Å²) in [7, 11) is 0. The molecule has 2 aromatic carbocycles. The Hall–Kier alpha value is -4.43. The third-order valence-electron chi connectivity index (χ3n) is 6.04. The number of urea groups is 1. The average Bonchev–Trinajstić information content (AvgIpc) is 3.25. The molecule has 0 aliphatic heterocycles. The third kappa shape index (κ3) is 4.98. The Balaban J connectivity index is 1.57.